The Labute approximate surface area is 254 Å². The number of allylic oxidation sites excluding steroid dienone is 8. The van der Waals surface area contributed by atoms with Crippen LogP contribution in [0.4, 0.5) is 17.6 Å². The molecule has 2 aliphatic carbocycles. The predicted molar refractivity (Wildman–Crippen MR) is 158 cm³/mol. The number of nitrogens with one attached hydrogen (secondary N) is 2. The van der Waals surface area contributed by atoms with Crippen LogP contribution in [0.2, 0.25) is 0 Å². The summed E-state index contributed by atoms with van der Waals surface area (Å²) >= 11 is -5.00. The molecule has 2 aromatic rings. The van der Waals surface area contributed by atoms with E-state index in [1.807, 2.05) is 26.0 Å². The van der Waals surface area contributed by atoms with Gasteiger partial charge in [-0.3, -0.25) is 0 Å². The number of amides is 2. The Bertz CT molecular complexity index is 1420. The Balaban J connectivity index is 1.96. The van der Waals surface area contributed by atoms with Gasteiger partial charge in [0.25, 0.3) is 0 Å². The van der Waals surface area contributed by atoms with Gasteiger partial charge in [0.15, 0.2) is 0 Å². The summed E-state index contributed by atoms with van der Waals surface area (Å²) < 4.78 is 66.4. The van der Waals surface area contributed by atoms with E-state index in [1.54, 1.807) is 38.2 Å². The van der Waals surface area contributed by atoms with Gasteiger partial charge in [0.1, 0.15) is 0 Å². The topological polar surface area (TPSA) is 58.2 Å². The summed E-state index contributed by atoms with van der Waals surface area (Å²) in [7, 11) is 0. The van der Waals surface area contributed by atoms with Crippen LogP contribution in [0.1, 0.15) is 64.5 Å². The summed E-state index contributed by atoms with van der Waals surface area (Å²) in [5.41, 5.74) is 0.0814. The normalized spacial score (nSPS) is 15.7. The van der Waals surface area contributed by atoms with Crippen LogP contribution in [0, 0.1) is 35.1 Å². The second-order valence-electron chi connectivity index (χ2n) is 11.2. The van der Waals surface area contributed by atoms with Crippen molar-refractivity contribution in [3.05, 3.63) is 103 Å². The molecule has 0 bridgehead atoms. The number of benzene rings is 2. The predicted octanol–water partition coefficient (Wildman–Crippen LogP) is 6.36. The summed E-state index contributed by atoms with van der Waals surface area (Å²) in [5.74, 6) is -4.70. The standard InChI is InChI=1S/2C12H14F2NO.2C5H5.Ti/c2*1-3-8(2)12(16)15-7-9-4-5-10(13)6-11(9)14;2*1-2-4-5-3-1;/h2*4-5,8H,3,7H2,1-2H3,(H,15,16);2*1-3H,4H2;. The van der Waals surface area contributed by atoms with Crippen molar-refractivity contribution in [1.29, 1.82) is 0 Å². The van der Waals surface area contributed by atoms with E-state index < -0.39 is 39.9 Å². The van der Waals surface area contributed by atoms with E-state index in [-0.39, 0.29) is 55.6 Å². The molecule has 2 aliphatic rings. The molecule has 0 radical (unpaired) electrons. The minimum absolute atomic E-state index is 0.0407. The van der Waals surface area contributed by atoms with Gasteiger partial charge in [-0.15, -0.1) is 0 Å². The van der Waals surface area contributed by atoms with Crippen LogP contribution in [-0.4, -0.2) is 11.8 Å². The summed E-state index contributed by atoms with van der Waals surface area (Å²) in [6.07, 6.45) is 12.3. The van der Waals surface area contributed by atoms with Crippen molar-refractivity contribution in [2.75, 3.05) is 0 Å². The van der Waals surface area contributed by atoms with Crippen LogP contribution < -0.4 is 18.4 Å². The van der Waals surface area contributed by atoms with E-state index in [4.69, 9.17) is 0 Å². The van der Waals surface area contributed by atoms with Crippen LogP contribution in [0.5, 0.6) is 0 Å². The van der Waals surface area contributed by atoms with Gasteiger partial charge in [0.05, 0.1) is 0 Å². The van der Waals surface area contributed by atoms with Crippen LogP contribution in [0.3, 0.4) is 0 Å². The zero-order valence-electron chi connectivity index (χ0n) is 25.0. The Morgan fingerprint density at radius 3 is 1.44 bits per heavy atom. The fraction of sp³-hybridized carbons (Fsp3) is 0.353. The summed E-state index contributed by atoms with van der Waals surface area (Å²) in [4.78, 5) is 25.0. The third kappa shape index (κ3) is 6.36. The molecule has 43 heavy (non-hydrogen) atoms. The first kappa shape index (κ1) is 32.7. The molecule has 2 N–H and O–H groups in total. The van der Waals surface area contributed by atoms with Gasteiger partial charge in [-0.25, -0.2) is 0 Å². The monoisotopic (exact) mass is 630 g/mol. The van der Waals surface area contributed by atoms with Crippen molar-refractivity contribution >= 4 is 19.6 Å². The fourth-order valence-corrected chi connectivity index (χ4v) is 14.0. The number of rotatable bonds is 12. The van der Waals surface area contributed by atoms with Gasteiger partial charge in [-0.1, -0.05) is 0 Å². The van der Waals surface area contributed by atoms with Gasteiger partial charge < -0.3 is 0 Å². The number of hydrogen-bond donors (Lipinski definition) is 2. The van der Waals surface area contributed by atoms with E-state index >= 15 is 17.6 Å². The minimum atomic E-state index is -5.00. The van der Waals surface area contributed by atoms with Gasteiger partial charge in [-0.2, -0.15) is 0 Å². The maximum absolute atomic E-state index is 16.8. The first-order valence-electron chi connectivity index (χ1n) is 14.8. The Morgan fingerprint density at radius 2 is 1.12 bits per heavy atom. The molecule has 228 valence electrons. The number of hydrogen-bond acceptors (Lipinski definition) is 2. The van der Waals surface area contributed by atoms with Gasteiger partial charge in [0, 0.05) is 0 Å². The molecule has 9 heteroatoms. The zero-order chi connectivity index (χ0) is 31.3. The van der Waals surface area contributed by atoms with Crippen LogP contribution in [0.15, 0.2) is 68.5 Å². The first-order chi connectivity index (χ1) is 20.6. The number of carbonyl (C=O) groups is 2. The number of carbonyl (C=O) groups excluding carboxylic acids is 2. The third-order valence-corrected chi connectivity index (χ3v) is 16.6. The quantitative estimate of drug-likeness (QED) is 0.212. The molecule has 4 rings (SSSR count). The van der Waals surface area contributed by atoms with E-state index in [1.165, 1.54) is 12.1 Å². The average molecular weight is 631 g/mol. The zero-order valence-corrected chi connectivity index (χ0v) is 26.6. The summed E-state index contributed by atoms with van der Waals surface area (Å²) in [5, 5.41) is 5.44. The Morgan fingerprint density at radius 1 is 0.721 bits per heavy atom. The molecule has 0 saturated carbocycles. The Kier molecular flexibility index (Phi) is 10.7. The van der Waals surface area contributed by atoms with Crippen molar-refractivity contribution < 1.29 is 43.7 Å². The molecule has 0 aliphatic heterocycles. The second-order valence-corrected chi connectivity index (χ2v) is 17.2. The fourth-order valence-electron chi connectivity index (χ4n) is 5.66. The molecule has 2 atom stereocenters. The van der Waals surface area contributed by atoms with Crippen LogP contribution >= 0.6 is 0 Å². The van der Waals surface area contributed by atoms with Gasteiger partial charge >= 0.3 is 255 Å². The average Bonchev–Trinajstić information content (AvgIpc) is 3.74. The van der Waals surface area contributed by atoms with Crippen molar-refractivity contribution in [1.82, 2.24) is 10.6 Å². The molecule has 0 aromatic heterocycles. The van der Waals surface area contributed by atoms with Gasteiger partial charge in [0.2, 0.25) is 0 Å². The molecule has 0 fully saturated rings. The van der Waals surface area contributed by atoms with E-state index in [9.17, 15) is 9.59 Å². The molecular weight excluding hydrogens is 592 g/mol. The van der Waals surface area contributed by atoms with Crippen molar-refractivity contribution in [3.63, 3.8) is 0 Å². The van der Waals surface area contributed by atoms with E-state index in [0.29, 0.717) is 33.4 Å². The molecule has 0 saturated heterocycles. The van der Waals surface area contributed by atoms with Crippen molar-refractivity contribution in [2.45, 2.75) is 66.5 Å². The van der Waals surface area contributed by atoms with Crippen molar-refractivity contribution in [3.8, 4) is 0 Å². The SMILES string of the molecule is CCC(C)C(=O)NCc1ccc(F)[c]([Ti]([C]2=CC=CC2)([C]2=CC=CC2)[c]2c(F)ccc(CNC(=O)C(C)CC)c2F)c1F. The molecule has 2 aromatic carbocycles. The van der Waals surface area contributed by atoms with E-state index in [2.05, 4.69) is 10.6 Å². The van der Waals surface area contributed by atoms with Crippen molar-refractivity contribution in [2.24, 2.45) is 11.8 Å². The first-order valence-corrected chi connectivity index (χ1v) is 17.9. The Hall–Kier alpha value is -3.23. The summed E-state index contributed by atoms with van der Waals surface area (Å²) in [6.45, 7) is 6.85. The second kappa shape index (κ2) is 14.0. The molecular formula is C34H38F4N2O2Ti. The summed E-state index contributed by atoms with van der Waals surface area (Å²) in [6, 6.07) is 4.80. The number of halogens is 4. The molecule has 2 unspecified atom stereocenters. The van der Waals surface area contributed by atoms with Gasteiger partial charge in [-0.05, 0) is 0 Å². The van der Waals surface area contributed by atoms with E-state index in [0.717, 1.165) is 12.1 Å². The maximum atomic E-state index is 16.8. The van der Waals surface area contributed by atoms with Crippen LogP contribution in [0.25, 0.3) is 0 Å². The van der Waals surface area contributed by atoms with Crippen LogP contribution in [-0.2, 0) is 39.3 Å². The molecule has 4 nitrogen and oxygen atoms in total. The molecule has 0 spiro atoms. The molecule has 2 amide bonds. The third-order valence-electron chi connectivity index (χ3n) is 8.62. The molecule has 0 heterocycles.